The van der Waals surface area contributed by atoms with E-state index in [4.69, 9.17) is 0 Å². The Kier molecular flexibility index (Phi) is 3.28. The number of nitrogens with zero attached hydrogens (tertiary/aromatic N) is 1. The summed E-state index contributed by atoms with van der Waals surface area (Å²) in [6, 6.07) is 8.40. The molecule has 0 aliphatic carbocycles. The van der Waals surface area contributed by atoms with Gasteiger partial charge in [0.25, 0.3) is 0 Å². The lowest BCUT2D eigenvalue weighted by Crippen LogP contribution is -2.40. The molecule has 1 rings (SSSR count). The maximum Gasteiger partial charge on any atom is 0.132 e. The van der Waals surface area contributed by atoms with Crippen LogP contribution in [-0.4, -0.2) is 20.6 Å². The highest BCUT2D eigenvalue weighted by atomic mass is 79.9. The van der Waals surface area contributed by atoms with Gasteiger partial charge in [-0.15, -0.1) is 0 Å². The summed E-state index contributed by atoms with van der Waals surface area (Å²) < 4.78 is 1.96. The van der Waals surface area contributed by atoms with Crippen molar-refractivity contribution in [3.8, 4) is 0 Å². The summed E-state index contributed by atoms with van der Waals surface area (Å²) in [6.07, 6.45) is 1.95. The lowest BCUT2D eigenvalue weighted by molar-refractivity contribution is 0.442. The van der Waals surface area contributed by atoms with Crippen molar-refractivity contribution in [2.45, 2.75) is 0 Å². The van der Waals surface area contributed by atoms with Gasteiger partial charge in [-0.1, -0.05) is 22.5 Å². The van der Waals surface area contributed by atoms with E-state index in [1.54, 1.807) is 0 Å². The minimum absolute atomic E-state index is 0.844. The number of hydrogen-bond donors (Lipinski definition) is 0. The van der Waals surface area contributed by atoms with Gasteiger partial charge in [-0.05, 0) is 18.2 Å². The van der Waals surface area contributed by atoms with Crippen molar-refractivity contribution in [3.63, 3.8) is 0 Å². The summed E-state index contributed by atoms with van der Waals surface area (Å²) >= 11 is 3.42. The van der Waals surface area contributed by atoms with Crippen molar-refractivity contribution < 1.29 is 0 Å². The Morgan fingerprint density at radius 1 is 1.31 bits per heavy atom. The Morgan fingerprint density at radius 3 is 2.31 bits per heavy atom. The molecule has 0 aromatic heterocycles. The first-order valence-electron chi connectivity index (χ1n) is 4.26. The first kappa shape index (κ1) is 10.5. The Morgan fingerprint density at radius 2 is 1.85 bits per heavy atom. The van der Waals surface area contributed by atoms with Crippen LogP contribution in [0.5, 0.6) is 0 Å². The molecule has 2 heteroatoms. The summed E-state index contributed by atoms with van der Waals surface area (Å²) in [5, 5.41) is 0. The molecule has 0 bridgehead atoms. The summed E-state index contributed by atoms with van der Waals surface area (Å²) in [4.78, 5) is 0. The van der Waals surface area contributed by atoms with Gasteiger partial charge >= 0.3 is 0 Å². The van der Waals surface area contributed by atoms with Crippen LogP contribution in [0.25, 0.3) is 0 Å². The molecule has 0 aliphatic rings. The summed E-state index contributed by atoms with van der Waals surface area (Å²) in [5.74, 6) is 0. The molecule has 0 heterocycles. The number of halogens is 1. The van der Waals surface area contributed by atoms with E-state index in [0.29, 0.717) is 0 Å². The molecule has 0 unspecified atom stereocenters. The van der Waals surface area contributed by atoms with Gasteiger partial charge in [0, 0.05) is 16.6 Å². The van der Waals surface area contributed by atoms with Gasteiger partial charge in [-0.25, -0.2) is 0 Å². The summed E-state index contributed by atoms with van der Waals surface area (Å²) in [7, 11) is 4.34. The molecular weight excluding hydrogens is 226 g/mol. The van der Waals surface area contributed by atoms with Crippen LogP contribution in [0.15, 0.2) is 41.4 Å². The molecule has 1 aromatic rings. The molecule has 0 atom stereocenters. The monoisotopic (exact) mass is 240 g/mol. The maximum absolute atomic E-state index is 3.76. The Hall–Kier alpha value is -0.600. The molecule has 13 heavy (non-hydrogen) atoms. The molecule has 0 fully saturated rings. The van der Waals surface area contributed by atoms with Crippen molar-refractivity contribution in [3.05, 3.63) is 41.4 Å². The number of hydrogen-bond acceptors (Lipinski definition) is 0. The zero-order chi connectivity index (χ0) is 9.90. The predicted molar refractivity (Wildman–Crippen MR) is 62.8 cm³/mol. The fourth-order valence-corrected chi connectivity index (χ4v) is 1.54. The van der Waals surface area contributed by atoms with Crippen LogP contribution in [0.1, 0.15) is 0 Å². The molecule has 0 amide bonds. The van der Waals surface area contributed by atoms with E-state index in [2.05, 4.69) is 60.9 Å². The SMILES string of the molecule is C=CC[N+](C)(C)c1ccc(Br)cc1. The van der Waals surface area contributed by atoms with Crippen molar-refractivity contribution >= 4 is 21.6 Å². The van der Waals surface area contributed by atoms with Crippen LogP contribution in [0.3, 0.4) is 0 Å². The minimum Gasteiger partial charge on any atom is -0.293 e. The van der Waals surface area contributed by atoms with Crippen LogP contribution in [0, 0.1) is 0 Å². The van der Waals surface area contributed by atoms with Gasteiger partial charge < -0.3 is 0 Å². The van der Waals surface area contributed by atoms with Crippen LogP contribution in [0.2, 0.25) is 0 Å². The smallest absolute Gasteiger partial charge is 0.132 e. The third-order valence-corrected chi connectivity index (χ3v) is 2.64. The normalized spacial score (nSPS) is 11.3. The van der Waals surface area contributed by atoms with Crippen molar-refractivity contribution in [1.29, 1.82) is 0 Å². The molecule has 0 saturated carbocycles. The quantitative estimate of drug-likeness (QED) is 0.563. The standard InChI is InChI=1S/C11H15BrN/c1-4-9-13(2,3)11-7-5-10(12)6-8-11/h4-8H,1,9H2,2-3H3/q+1. The van der Waals surface area contributed by atoms with Crippen LogP contribution >= 0.6 is 15.9 Å². The van der Waals surface area contributed by atoms with Crippen molar-refractivity contribution in [1.82, 2.24) is 4.48 Å². The second-order valence-corrected chi connectivity index (χ2v) is 4.55. The van der Waals surface area contributed by atoms with Gasteiger partial charge in [0.15, 0.2) is 0 Å². The Bertz CT molecular complexity index is 287. The Labute approximate surface area is 88.4 Å². The third kappa shape index (κ3) is 2.68. The summed E-state index contributed by atoms with van der Waals surface area (Å²) in [5.41, 5.74) is 1.29. The molecule has 1 aromatic carbocycles. The lowest BCUT2D eigenvalue weighted by Gasteiger charge is -2.27. The average Bonchev–Trinajstić information content (AvgIpc) is 2.05. The fraction of sp³-hybridized carbons (Fsp3) is 0.273. The molecule has 0 N–H and O–H groups in total. The number of benzene rings is 1. The van der Waals surface area contributed by atoms with E-state index in [0.717, 1.165) is 15.5 Å². The molecule has 0 aliphatic heterocycles. The van der Waals surface area contributed by atoms with Gasteiger partial charge in [0.1, 0.15) is 12.2 Å². The molecule has 70 valence electrons. The van der Waals surface area contributed by atoms with Crippen molar-refractivity contribution in [2.75, 3.05) is 20.6 Å². The van der Waals surface area contributed by atoms with E-state index in [1.165, 1.54) is 5.69 Å². The third-order valence-electron chi connectivity index (χ3n) is 2.11. The molecule has 0 spiro atoms. The first-order valence-corrected chi connectivity index (χ1v) is 5.05. The van der Waals surface area contributed by atoms with Gasteiger partial charge in [0.2, 0.25) is 0 Å². The van der Waals surface area contributed by atoms with E-state index < -0.39 is 0 Å². The second-order valence-electron chi connectivity index (χ2n) is 3.63. The van der Waals surface area contributed by atoms with Crippen LogP contribution in [-0.2, 0) is 0 Å². The average molecular weight is 241 g/mol. The topological polar surface area (TPSA) is 0 Å². The Balaban J connectivity index is 2.93. The van der Waals surface area contributed by atoms with Gasteiger partial charge in [-0.3, -0.25) is 4.48 Å². The van der Waals surface area contributed by atoms with Crippen LogP contribution < -0.4 is 4.48 Å². The van der Waals surface area contributed by atoms with E-state index in [1.807, 2.05) is 6.08 Å². The highest BCUT2D eigenvalue weighted by molar-refractivity contribution is 9.10. The van der Waals surface area contributed by atoms with Crippen LogP contribution in [0.4, 0.5) is 5.69 Å². The number of likely N-dealkylation sites (N-methyl/N-ethyl adjacent to an activating group) is 1. The molecular formula is C11H15BrN+. The van der Waals surface area contributed by atoms with E-state index in [-0.39, 0.29) is 0 Å². The number of rotatable bonds is 3. The fourth-order valence-electron chi connectivity index (χ4n) is 1.27. The van der Waals surface area contributed by atoms with Crippen molar-refractivity contribution in [2.24, 2.45) is 0 Å². The predicted octanol–water partition coefficient (Wildman–Crippen LogP) is 3.20. The molecule has 0 radical (unpaired) electrons. The first-order chi connectivity index (χ1) is 6.06. The van der Waals surface area contributed by atoms with Gasteiger partial charge in [-0.2, -0.15) is 0 Å². The zero-order valence-corrected chi connectivity index (χ0v) is 9.71. The number of quaternary nitrogens is 1. The summed E-state index contributed by atoms with van der Waals surface area (Å²) in [6.45, 7) is 4.71. The molecule has 1 nitrogen and oxygen atoms in total. The lowest BCUT2D eigenvalue weighted by atomic mass is 10.2. The highest BCUT2D eigenvalue weighted by Crippen LogP contribution is 2.21. The zero-order valence-electron chi connectivity index (χ0n) is 8.13. The van der Waals surface area contributed by atoms with E-state index in [9.17, 15) is 0 Å². The van der Waals surface area contributed by atoms with Gasteiger partial charge in [0.05, 0.1) is 14.1 Å². The van der Waals surface area contributed by atoms with E-state index >= 15 is 0 Å². The largest absolute Gasteiger partial charge is 0.293 e. The molecule has 0 saturated heterocycles. The highest BCUT2D eigenvalue weighted by Gasteiger charge is 2.15. The second kappa shape index (κ2) is 4.07. The minimum atomic E-state index is 0.844. The maximum atomic E-state index is 3.76.